The fourth-order valence-electron chi connectivity index (χ4n) is 2.81. The molecule has 7 heteroatoms. The highest BCUT2D eigenvalue weighted by Crippen LogP contribution is 2.26. The van der Waals surface area contributed by atoms with Crippen molar-refractivity contribution in [1.29, 1.82) is 0 Å². The summed E-state index contributed by atoms with van der Waals surface area (Å²) in [6, 6.07) is 20.0. The van der Waals surface area contributed by atoms with Crippen LogP contribution in [0.5, 0.6) is 0 Å². The Balaban J connectivity index is 1.91. The summed E-state index contributed by atoms with van der Waals surface area (Å²) < 4.78 is 5.32. The third-order valence-corrected chi connectivity index (χ3v) is 4.28. The highest BCUT2D eigenvalue weighted by atomic mass is 16.6. The lowest BCUT2D eigenvalue weighted by atomic mass is 10.1. The van der Waals surface area contributed by atoms with Gasteiger partial charge in [-0.15, -0.1) is 0 Å². The lowest BCUT2D eigenvalue weighted by Crippen LogP contribution is -2.27. The SMILES string of the molecule is CC(C)(C)OC(=O)Nc1ccc(-c2ccccc2)nc1NC(=O)c1ccc(CN)cc1. The lowest BCUT2D eigenvalue weighted by Gasteiger charge is -2.20. The highest BCUT2D eigenvalue weighted by molar-refractivity contribution is 6.06. The van der Waals surface area contributed by atoms with Gasteiger partial charge in [-0.1, -0.05) is 42.5 Å². The molecule has 4 N–H and O–H groups in total. The van der Waals surface area contributed by atoms with Gasteiger partial charge in [-0.05, 0) is 50.6 Å². The third kappa shape index (κ3) is 6.13. The van der Waals surface area contributed by atoms with Crippen LogP contribution in [0.25, 0.3) is 11.3 Å². The van der Waals surface area contributed by atoms with E-state index in [1.165, 1.54) is 0 Å². The summed E-state index contributed by atoms with van der Waals surface area (Å²) in [5.41, 5.74) is 8.21. The van der Waals surface area contributed by atoms with Crippen molar-refractivity contribution in [1.82, 2.24) is 4.98 Å². The molecule has 0 spiro atoms. The summed E-state index contributed by atoms with van der Waals surface area (Å²) in [6.45, 7) is 5.72. The molecule has 3 rings (SSSR count). The molecule has 1 aromatic heterocycles. The molecule has 0 aliphatic rings. The van der Waals surface area contributed by atoms with Crippen LogP contribution in [0.1, 0.15) is 36.7 Å². The van der Waals surface area contributed by atoms with Gasteiger partial charge in [0.2, 0.25) is 0 Å². The van der Waals surface area contributed by atoms with Gasteiger partial charge in [0.05, 0.1) is 11.4 Å². The van der Waals surface area contributed by atoms with Crippen molar-refractivity contribution in [2.75, 3.05) is 10.6 Å². The Kier molecular flexibility index (Phi) is 6.67. The largest absolute Gasteiger partial charge is 0.444 e. The van der Waals surface area contributed by atoms with Crippen molar-refractivity contribution >= 4 is 23.5 Å². The van der Waals surface area contributed by atoms with Gasteiger partial charge in [-0.25, -0.2) is 9.78 Å². The van der Waals surface area contributed by atoms with E-state index < -0.39 is 11.7 Å². The number of hydrogen-bond donors (Lipinski definition) is 3. The Morgan fingerprint density at radius 2 is 1.61 bits per heavy atom. The number of nitrogens with zero attached hydrogens (tertiary/aromatic N) is 1. The third-order valence-electron chi connectivity index (χ3n) is 4.28. The van der Waals surface area contributed by atoms with Crippen LogP contribution in [0.3, 0.4) is 0 Å². The van der Waals surface area contributed by atoms with E-state index in [9.17, 15) is 9.59 Å². The molecule has 2 amide bonds. The molecule has 0 unspecified atom stereocenters. The summed E-state index contributed by atoms with van der Waals surface area (Å²) >= 11 is 0. The van der Waals surface area contributed by atoms with Crippen LogP contribution in [0, 0.1) is 0 Å². The monoisotopic (exact) mass is 418 g/mol. The lowest BCUT2D eigenvalue weighted by molar-refractivity contribution is 0.0635. The maximum atomic E-state index is 12.8. The molecular weight excluding hydrogens is 392 g/mol. The van der Waals surface area contributed by atoms with E-state index in [0.29, 0.717) is 23.5 Å². The fraction of sp³-hybridized carbons (Fsp3) is 0.208. The van der Waals surface area contributed by atoms with Crippen LogP contribution in [0.2, 0.25) is 0 Å². The van der Waals surface area contributed by atoms with Crippen LogP contribution < -0.4 is 16.4 Å². The van der Waals surface area contributed by atoms with Gasteiger partial charge >= 0.3 is 6.09 Å². The minimum absolute atomic E-state index is 0.222. The number of benzene rings is 2. The maximum Gasteiger partial charge on any atom is 0.412 e. The minimum atomic E-state index is -0.657. The van der Waals surface area contributed by atoms with Gasteiger partial charge < -0.3 is 15.8 Å². The fourth-order valence-corrected chi connectivity index (χ4v) is 2.81. The van der Waals surface area contributed by atoms with E-state index >= 15 is 0 Å². The van der Waals surface area contributed by atoms with Crippen LogP contribution in [-0.4, -0.2) is 22.6 Å². The highest BCUT2D eigenvalue weighted by Gasteiger charge is 2.19. The Hall–Kier alpha value is -3.71. The quantitative estimate of drug-likeness (QED) is 0.551. The Morgan fingerprint density at radius 3 is 2.23 bits per heavy atom. The van der Waals surface area contributed by atoms with Crippen LogP contribution in [0.15, 0.2) is 66.7 Å². The molecule has 0 bridgehead atoms. The molecule has 31 heavy (non-hydrogen) atoms. The van der Waals surface area contributed by atoms with Gasteiger partial charge in [-0.3, -0.25) is 10.1 Å². The smallest absolute Gasteiger partial charge is 0.412 e. The number of nitrogens with two attached hydrogens (primary N) is 1. The van der Waals surface area contributed by atoms with Crippen molar-refractivity contribution in [2.24, 2.45) is 5.73 Å². The maximum absolute atomic E-state index is 12.8. The Morgan fingerprint density at radius 1 is 0.935 bits per heavy atom. The molecule has 0 fully saturated rings. The van der Waals surface area contributed by atoms with Crippen molar-refractivity contribution in [3.63, 3.8) is 0 Å². The number of rotatable bonds is 5. The van der Waals surface area contributed by atoms with Gasteiger partial charge in [0.15, 0.2) is 5.82 Å². The van der Waals surface area contributed by atoms with Crippen LogP contribution in [-0.2, 0) is 11.3 Å². The predicted octanol–water partition coefficient (Wildman–Crippen LogP) is 4.81. The standard InChI is InChI=1S/C24H26N4O3/c1-24(2,3)31-23(30)27-20-14-13-19(17-7-5-4-6-8-17)26-21(20)28-22(29)18-11-9-16(15-25)10-12-18/h4-14H,15,25H2,1-3H3,(H,27,30)(H,26,28,29). The normalized spacial score (nSPS) is 11.0. The zero-order valence-corrected chi connectivity index (χ0v) is 17.8. The van der Waals surface area contributed by atoms with E-state index in [-0.39, 0.29) is 11.7 Å². The second-order valence-electron chi connectivity index (χ2n) is 7.94. The zero-order chi connectivity index (χ0) is 22.4. The molecule has 2 aromatic carbocycles. The average molecular weight is 418 g/mol. The predicted molar refractivity (Wildman–Crippen MR) is 122 cm³/mol. The first-order valence-electron chi connectivity index (χ1n) is 9.92. The van der Waals surface area contributed by atoms with Crippen molar-refractivity contribution in [2.45, 2.75) is 32.9 Å². The topological polar surface area (TPSA) is 106 Å². The van der Waals surface area contributed by atoms with E-state index in [1.807, 2.05) is 30.3 Å². The van der Waals surface area contributed by atoms with Gasteiger partial charge in [0.1, 0.15) is 5.60 Å². The van der Waals surface area contributed by atoms with Crippen molar-refractivity contribution in [3.05, 3.63) is 77.9 Å². The number of aromatic nitrogens is 1. The van der Waals surface area contributed by atoms with Gasteiger partial charge in [-0.2, -0.15) is 0 Å². The summed E-state index contributed by atoms with van der Waals surface area (Å²) in [6.07, 6.45) is -0.635. The second-order valence-corrected chi connectivity index (χ2v) is 7.94. The molecule has 0 aliphatic carbocycles. The number of pyridine rings is 1. The van der Waals surface area contributed by atoms with E-state index in [4.69, 9.17) is 10.5 Å². The molecule has 160 valence electrons. The van der Waals surface area contributed by atoms with Gasteiger partial charge in [0, 0.05) is 17.7 Å². The number of carbonyl (C=O) groups is 2. The van der Waals surface area contributed by atoms with E-state index in [2.05, 4.69) is 15.6 Å². The number of nitrogens with one attached hydrogen (secondary N) is 2. The van der Waals surface area contributed by atoms with Crippen LogP contribution >= 0.6 is 0 Å². The average Bonchev–Trinajstić information content (AvgIpc) is 2.74. The molecule has 0 radical (unpaired) electrons. The number of carbonyl (C=O) groups excluding carboxylic acids is 2. The molecule has 1 heterocycles. The molecule has 7 nitrogen and oxygen atoms in total. The minimum Gasteiger partial charge on any atom is -0.444 e. The Labute approximate surface area is 181 Å². The molecule has 3 aromatic rings. The van der Waals surface area contributed by atoms with Crippen molar-refractivity contribution in [3.8, 4) is 11.3 Å². The molecular formula is C24H26N4O3. The van der Waals surface area contributed by atoms with Crippen LogP contribution in [0.4, 0.5) is 16.3 Å². The number of amides is 2. The van der Waals surface area contributed by atoms with Gasteiger partial charge in [0.25, 0.3) is 5.91 Å². The molecule has 0 aliphatic heterocycles. The zero-order valence-electron chi connectivity index (χ0n) is 17.8. The Bertz CT molecular complexity index is 1060. The van der Waals surface area contributed by atoms with Crippen molar-refractivity contribution < 1.29 is 14.3 Å². The molecule has 0 saturated carbocycles. The molecule has 0 saturated heterocycles. The second kappa shape index (κ2) is 9.40. The molecule has 0 atom stereocenters. The van der Waals surface area contributed by atoms with E-state index in [0.717, 1.165) is 11.1 Å². The van der Waals surface area contributed by atoms with E-state index in [1.54, 1.807) is 57.2 Å². The summed E-state index contributed by atoms with van der Waals surface area (Å²) in [5, 5.41) is 5.46. The first-order valence-corrected chi connectivity index (χ1v) is 9.92. The number of hydrogen-bond acceptors (Lipinski definition) is 5. The summed E-state index contributed by atoms with van der Waals surface area (Å²) in [4.78, 5) is 29.6. The summed E-state index contributed by atoms with van der Waals surface area (Å²) in [7, 11) is 0. The first kappa shape index (κ1) is 22.0. The first-order chi connectivity index (χ1) is 14.7. The number of anilines is 2. The number of ether oxygens (including phenoxy) is 1. The summed E-state index contributed by atoms with van der Waals surface area (Å²) in [5.74, 6) is -0.131.